The highest BCUT2D eigenvalue weighted by molar-refractivity contribution is 5.71. The highest BCUT2D eigenvalue weighted by atomic mass is 16.6. The van der Waals surface area contributed by atoms with Crippen LogP contribution in [-0.2, 0) is 28.6 Å². The molecule has 0 saturated carbocycles. The van der Waals surface area contributed by atoms with E-state index in [0.717, 1.165) is 57.8 Å². The van der Waals surface area contributed by atoms with Gasteiger partial charge in [-0.25, -0.2) is 0 Å². The minimum absolute atomic E-state index is 0.0679. The minimum atomic E-state index is -0.769. The summed E-state index contributed by atoms with van der Waals surface area (Å²) in [6.07, 6.45) is 73.5. The van der Waals surface area contributed by atoms with Gasteiger partial charge >= 0.3 is 17.9 Å². The molecule has 0 aromatic carbocycles. The number of allylic oxidation sites excluding steroid dienone is 4. The lowest BCUT2D eigenvalue weighted by Gasteiger charge is -2.18. The van der Waals surface area contributed by atoms with Crippen molar-refractivity contribution in [2.75, 3.05) is 13.2 Å². The summed E-state index contributed by atoms with van der Waals surface area (Å²) in [5, 5.41) is 0. The molecule has 6 heteroatoms. The van der Waals surface area contributed by atoms with Crippen LogP contribution in [0.25, 0.3) is 0 Å². The second-order valence-electron chi connectivity index (χ2n) is 22.0. The molecular weight excluding hydrogens is 889 g/mol. The Morgan fingerprint density at radius 1 is 0.264 bits per heavy atom. The van der Waals surface area contributed by atoms with Gasteiger partial charge < -0.3 is 14.2 Å². The third kappa shape index (κ3) is 58.8. The third-order valence-corrected chi connectivity index (χ3v) is 14.7. The summed E-state index contributed by atoms with van der Waals surface area (Å²) in [6, 6.07) is 0. The number of unbranched alkanes of at least 4 members (excludes halogenated alkanes) is 45. The number of carbonyl (C=O) groups is 3. The molecule has 0 aromatic heterocycles. The van der Waals surface area contributed by atoms with Gasteiger partial charge in [-0.05, 0) is 70.6 Å². The van der Waals surface area contributed by atoms with Crippen LogP contribution in [0.1, 0.15) is 361 Å². The van der Waals surface area contributed by atoms with Crippen LogP contribution >= 0.6 is 0 Å². The fourth-order valence-electron chi connectivity index (χ4n) is 9.79. The number of hydrogen-bond acceptors (Lipinski definition) is 6. The van der Waals surface area contributed by atoms with Crippen molar-refractivity contribution in [3.63, 3.8) is 0 Å². The van der Waals surface area contributed by atoms with Crippen LogP contribution in [0.4, 0.5) is 0 Å². The van der Waals surface area contributed by atoms with E-state index < -0.39 is 6.10 Å². The summed E-state index contributed by atoms with van der Waals surface area (Å²) < 4.78 is 16.9. The Balaban J connectivity index is 4.12. The van der Waals surface area contributed by atoms with Crippen molar-refractivity contribution >= 4 is 17.9 Å². The SMILES string of the molecule is CCCCCCCCC/C=C\CCCCCCCCCC(=O)OC(COC(=O)CCCCCCCCCCC)COC(=O)CCCCCCCCCCCCCCCCC/C=C\CCCCCCCCCC. The Bertz CT molecular complexity index is 1160. The van der Waals surface area contributed by atoms with E-state index in [-0.39, 0.29) is 31.1 Å². The van der Waals surface area contributed by atoms with Crippen molar-refractivity contribution in [3.8, 4) is 0 Å². The predicted octanol–water partition coefficient (Wildman–Crippen LogP) is 21.8. The van der Waals surface area contributed by atoms with Crippen molar-refractivity contribution in [1.82, 2.24) is 0 Å². The summed E-state index contributed by atoms with van der Waals surface area (Å²) in [6.45, 7) is 6.67. The summed E-state index contributed by atoms with van der Waals surface area (Å²) in [7, 11) is 0. The van der Waals surface area contributed by atoms with Gasteiger partial charge in [0.25, 0.3) is 0 Å². The molecule has 0 aliphatic heterocycles. The molecule has 0 amide bonds. The van der Waals surface area contributed by atoms with E-state index in [9.17, 15) is 14.4 Å². The Kier molecular flexibility index (Phi) is 59.6. The van der Waals surface area contributed by atoms with Crippen LogP contribution in [0.15, 0.2) is 24.3 Å². The van der Waals surface area contributed by atoms with E-state index >= 15 is 0 Å². The van der Waals surface area contributed by atoms with Crippen molar-refractivity contribution < 1.29 is 28.6 Å². The normalized spacial score (nSPS) is 12.1. The van der Waals surface area contributed by atoms with E-state index in [2.05, 4.69) is 45.1 Å². The molecule has 0 aromatic rings. The average molecular weight is 1010 g/mol. The lowest BCUT2D eigenvalue weighted by Crippen LogP contribution is -2.30. The van der Waals surface area contributed by atoms with Crippen molar-refractivity contribution in [2.24, 2.45) is 0 Å². The van der Waals surface area contributed by atoms with Crippen LogP contribution in [0.3, 0.4) is 0 Å². The molecular formula is C66H124O6. The highest BCUT2D eigenvalue weighted by Gasteiger charge is 2.19. The summed E-state index contributed by atoms with van der Waals surface area (Å²) in [4.78, 5) is 38.1. The van der Waals surface area contributed by atoms with Crippen LogP contribution in [0, 0.1) is 0 Å². The first kappa shape index (κ1) is 69.9. The zero-order valence-corrected chi connectivity index (χ0v) is 48.7. The molecule has 6 nitrogen and oxygen atoms in total. The molecule has 0 aliphatic carbocycles. The third-order valence-electron chi connectivity index (χ3n) is 14.7. The van der Waals surface area contributed by atoms with Gasteiger partial charge in [0, 0.05) is 19.3 Å². The quantitative estimate of drug-likeness (QED) is 0.0261. The topological polar surface area (TPSA) is 78.9 Å². The standard InChI is InChI=1S/C66H124O6/c1-4-7-10-13-16-19-21-23-25-27-29-30-31-32-33-34-35-36-37-39-40-42-44-47-50-53-56-59-65(68)71-62-63(61-70-64(67)58-55-52-49-46-18-15-12-9-6-3)72-66(69)60-57-54-51-48-45-43-41-38-28-26-24-22-20-17-14-11-8-5-2/h26-29,63H,4-25,30-62H2,1-3H3/b28-26-,29-27-. The molecule has 0 bridgehead atoms. The number of carbonyl (C=O) groups excluding carboxylic acids is 3. The van der Waals surface area contributed by atoms with Gasteiger partial charge in [-0.15, -0.1) is 0 Å². The van der Waals surface area contributed by atoms with E-state index in [1.165, 1.54) is 263 Å². The number of rotatable bonds is 60. The monoisotopic (exact) mass is 1010 g/mol. The molecule has 1 unspecified atom stereocenters. The van der Waals surface area contributed by atoms with Gasteiger partial charge in [0.1, 0.15) is 13.2 Å². The first-order valence-electron chi connectivity index (χ1n) is 32.3. The van der Waals surface area contributed by atoms with Crippen LogP contribution in [-0.4, -0.2) is 37.2 Å². The van der Waals surface area contributed by atoms with Crippen LogP contribution in [0.5, 0.6) is 0 Å². The molecule has 424 valence electrons. The van der Waals surface area contributed by atoms with Gasteiger partial charge in [0.15, 0.2) is 6.10 Å². The number of ether oxygens (including phenoxy) is 3. The molecule has 0 spiro atoms. The molecule has 1 atom stereocenters. The first-order chi connectivity index (χ1) is 35.5. The van der Waals surface area contributed by atoms with Gasteiger partial charge in [-0.3, -0.25) is 14.4 Å². The molecule has 0 N–H and O–H groups in total. The number of esters is 3. The van der Waals surface area contributed by atoms with Gasteiger partial charge in [0.05, 0.1) is 0 Å². The highest BCUT2D eigenvalue weighted by Crippen LogP contribution is 2.17. The largest absolute Gasteiger partial charge is 0.462 e. The summed E-state index contributed by atoms with van der Waals surface area (Å²) in [5.41, 5.74) is 0. The smallest absolute Gasteiger partial charge is 0.306 e. The van der Waals surface area contributed by atoms with Gasteiger partial charge in [0.2, 0.25) is 0 Å². The minimum Gasteiger partial charge on any atom is -0.462 e. The zero-order chi connectivity index (χ0) is 52.2. The first-order valence-corrected chi connectivity index (χ1v) is 32.3. The number of hydrogen-bond donors (Lipinski definition) is 0. The van der Waals surface area contributed by atoms with Crippen molar-refractivity contribution in [2.45, 2.75) is 367 Å². The molecule has 0 fully saturated rings. The summed E-state index contributed by atoms with van der Waals surface area (Å²) in [5.74, 6) is -0.852. The van der Waals surface area contributed by atoms with Crippen LogP contribution in [0.2, 0.25) is 0 Å². The van der Waals surface area contributed by atoms with Gasteiger partial charge in [-0.2, -0.15) is 0 Å². The molecule has 0 rings (SSSR count). The Morgan fingerprint density at radius 2 is 0.458 bits per heavy atom. The molecule has 0 radical (unpaired) electrons. The zero-order valence-electron chi connectivity index (χ0n) is 48.7. The second kappa shape index (κ2) is 61.4. The van der Waals surface area contributed by atoms with Crippen molar-refractivity contribution in [3.05, 3.63) is 24.3 Å². The maximum absolute atomic E-state index is 12.9. The maximum atomic E-state index is 12.9. The molecule has 72 heavy (non-hydrogen) atoms. The average Bonchev–Trinajstić information content (AvgIpc) is 3.38. The molecule has 0 saturated heterocycles. The van der Waals surface area contributed by atoms with Gasteiger partial charge in [-0.1, -0.05) is 295 Å². The lowest BCUT2D eigenvalue weighted by molar-refractivity contribution is -0.167. The second-order valence-corrected chi connectivity index (χ2v) is 22.0. The Hall–Kier alpha value is -2.11. The Morgan fingerprint density at radius 3 is 0.694 bits per heavy atom. The summed E-state index contributed by atoms with van der Waals surface area (Å²) >= 11 is 0. The predicted molar refractivity (Wildman–Crippen MR) is 312 cm³/mol. The fraction of sp³-hybridized carbons (Fsp3) is 0.894. The molecule has 0 heterocycles. The van der Waals surface area contributed by atoms with E-state index in [1.54, 1.807) is 0 Å². The van der Waals surface area contributed by atoms with Crippen molar-refractivity contribution in [1.29, 1.82) is 0 Å². The van der Waals surface area contributed by atoms with Crippen LogP contribution < -0.4 is 0 Å². The van der Waals surface area contributed by atoms with E-state index in [4.69, 9.17) is 14.2 Å². The maximum Gasteiger partial charge on any atom is 0.306 e. The molecule has 0 aliphatic rings. The fourth-order valence-corrected chi connectivity index (χ4v) is 9.79. The Labute approximate surface area is 449 Å². The van der Waals surface area contributed by atoms with E-state index in [0.29, 0.717) is 19.3 Å². The lowest BCUT2D eigenvalue weighted by atomic mass is 10.0. The van der Waals surface area contributed by atoms with E-state index in [1.807, 2.05) is 0 Å².